The van der Waals surface area contributed by atoms with Gasteiger partial charge in [-0.15, -0.1) is 0 Å². The van der Waals surface area contributed by atoms with Crippen molar-refractivity contribution in [2.75, 3.05) is 13.2 Å². The van der Waals surface area contributed by atoms with Gasteiger partial charge in [-0.3, -0.25) is 4.79 Å². The van der Waals surface area contributed by atoms with Crippen LogP contribution in [0.2, 0.25) is 0 Å². The van der Waals surface area contributed by atoms with Gasteiger partial charge in [0.25, 0.3) is 0 Å². The summed E-state index contributed by atoms with van der Waals surface area (Å²) in [5, 5.41) is 18.6. The summed E-state index contributed by atoms with van der Waals surface area (Å²) in [6.45, 7) is 0.0474. The van der Waals surface area contributed by atoms with Crippen LogP contribution in [0.15, 0.2) is 42.5 Å². The molecule has 7 heteroatoms. The lowest BCUT2D eigenvalue weighted by atomic mass is 10.1. The maximum absolute atomic E-state index is 13.0. The van der Waals surface area contributed by atoms with E-state index in [1.807, 2.05) is 0 Å². The van der Waals surface area contributed by atoms with Crippen molar-refractivity contribution in [1.82, 2.24) is 0 Å². The van der Waals surface area contributed by atoms with Gasteiger partial charge in [0.2, 0.25) is 0 Å². The Balaban J connectivity index is 1.74. The van der Waals surface area contributed by atoms with E-state index in [4.69, 9.17) is 15.2 Å². The number of halogens is 1. The third kappa shape index (κ3) is 5.13. The minimum Gasteiger partial charge on any atom is -0.504 e. The Hall–Kier alpha value is -2.80. The van der Waals surface area contributed by atoms with Crippen LogP contribution in [0.4, 0.5) is 4.39 Å². The molecule has 2 aromatic rings. The van der Waals surface area contributed by atoms with Crippen LogP contribution in [0.1, 0.15) is 5.56 Å². The van der Waals surface area contributed by atoms with Gasteiger partial charge in [0.05, 0.1) is 0 Å². The second kappa shape index (κ2) is 8.16. The van der Waals surface area contributed by atoms with E-state index in [2.05, 4.69) is 0 Å². The second-order valence-corrected chi connectivity index (χ2v) is 5.11. The lowest BCUT2D eigenvalue weighted by Gasteiger charge is -2.12. The SMILES string of the molecule is N[C@@H](Cc1ccc(O)c(O)c1)C(=O)OCCOc1cccc(F)c1. The molecule has 0 saturated carbocycles. The van der Waals surface area contributed by atoms with Crippen LogP contribution in [0.25, 0.3) is 0 Å². The number of ether oxygens (including phenoxy) is 2. The van der Waals surface area contributed by atoms with Gasteiger partial charge in [0, 0.05) is 6.07 Å². The zero-order valence-electron chi connectivity index (χ0n) is 12.8. The normalized spacial score (nSPS) is 11.8. The van der Waals surface area contributed by atoms with Gasteiger partial charge < -0.3 is 25.4 Å². The van der Waals surface area contributed by atoms with E-state index < -0.39 is 17.8 Å². The zero-order valence-corrected chi connectivity index (χ0v) is 12.8. The minimum absolute atomic E-state index is 0.0239. The van der Waals surface area contributed by atoms with E-state index in [0.29, 0.717) is 11.3 Å². The molecule has 0 aliphatic heterocycles. The largest absolute Gasteiger partial charge is 0.504 e. The molecular weight excluding hydrogens is 317 g/mol. The topological polar surface area (TPSA) is 102 Å². The summed E-state index contributed by atoms with van der Waals surface area (Å²) in [4.78, 5) is 11.8. The predicted octanol–water partition coefficient (Wildman–Crippen LogP) is 1.73. The highest BCUT2D eigenvalue weighted by atomic mass is 19.1. The number of phenols is 2. The molecule has 0 radical (unpaired) electrons. The van der Waals surface area contributed by atoms with Crippen molar-refractivity contribution < 1.29 is 28.9 Å². The molecule has 128 valence electrons. The van der Waals surface area contributed by atoms with Gasteiger partial charge >= 0.3 is 5.97 Å². The van der Waals surface area contributed by atoms with Crippen LogP contribution in [0.5, 0.6) is 17.2 Å². The number of benzene rings is 2. The first-order chi connectivity index (χ1) is 11.5. The predicted molar refractivity (Wildman–Crippen MR) is 84.3 cm³/mol. The fourth-order valence-electron chi connectivity index (χ4n) is 2.00. The van der Waals surface area contributed by atoms with Crippen LogP contribution in [-0.4, -0.2) is 35.4 Å². The Morgan fingerprint density at radius 2 is 1.92 bits per heavy atom. The third-order valence-corrected chi connectivity index (χ3v) is 3.19. The molecule has 0 spiro atoms. The van der Waals surface area contributed by atoms with E-state index in [-0.39, 0.29) is 31.1 Å². The van der Waals surface area contributed by atoms with Crippen LogP contribution in [0, 0.1) is 5.82 Å². The summed E-state index contributed by atoms with van der Waals surface area (Å²) in [5.74, 6) is -1.22. The summed E-state index contributed by atoms with van der Waals surface area (Å²) in [6.07, 6.45) is 0.150. The fourth-order valence-corrected chi connectivity index (χ4v) is 2.00. The average molecular weight is 335 g/mol. The molecule has 0 unspecified atom stereocenters. The number of phenolic OH excluding ortho intramolecular Hbond substituents is 2. The van der Waals surface area contributed by atoms with Gasteiger partial charge in [0.15, 0.2) is 11.5 Å². The molecule has 0 bridgehead atoms. The second-order valence-electron chi connectivity index (χ2n) is 5.11. The van der Waals surface area contributed by atoms with E-state index in [1.54, 1.807) is 12.1 Å². The van der Waals surface area contributed by atoms with Crippen molar-refractivity contribution >= 4 is 5.97 Å². The van der Waals surface area contributed by atoms with Gasteiger partial charge in [-0.25, -0.2) is 4.39 Å². The summed E-state index contributed by atoms with van der Waals surface area (Å²) in [6, 6.07) is 8.91. The highest BCUT2D eigenvalue weighted by Crippen LogP contribution is 2.25. The van der Waals surface area contributed by atoms with Gasteiger partial charge in [-0.2, -0.15) is 0 Å². The summed E-state index contributed by atoms with van der Waals surface area (Å²) >= 11 is 0. The van der Waals surface area contributed by atoms with Crippen molar-refractivity contribution in [2.45, 2.75) is 12.5 Å². The van der Waals surface area contributed by atoms with Crippen molar-refractivity contribution in [1.29, 1.82) is 0 Å². The highest BCUT2D eigenvalue weighted by Gasteiger charge is 2.16. The summed E-state index contributed by atoms with van der Waals surface area (Å²) < 4.78 is 23.2. The molecular formula is C17H18FNO5. The molecule has 0 heterocycles. The lowest BCUT2D eigenvalue weighted by Crippen LogP contribution is -2.35. The number of hydrogen-bond donors (Lipinski definition) is 3. The number of hydrogen-bond acceptors (Lipinski definition) is 6. The van der Waals surface area contributed by atoms with Gasteiger partial charge in [-0.1, -0.05) is 12.1 Å². The van der Waals surface area contributed by atoms with Crippen molar-refractivity contribution in [3.8, 4) is 17.2 Å². The molecule has 0 aliphatic carbocycles. The molecule has 6 nitrogen and oxygen atoms in total. The molecule has 0 fully saturated rings. The standard InChI is InChI=1S/C17H18FNO5/c18-12-2-1-3-13(10-12)23-6-7-24-17(22)14(19)8-11-4-5-15(20)16(21)9-11/h1-5,9-10,14,20-21H,6-8,19H2/t14-/m0/s1. The quantitative estimate of drug-likeness (QED) is 0.405. The van der Waals surface area contributed by atoms with Crippen LogP contribution in [-0.2, 0) is 16.0 Å². The van der Waals surface area contributed by atoms with Crippen molar-refractivity contribution in [3.05, 3.63) is 53.8 Å². The Morgan fingerprint density at radius 3 is 2.62 bits per heavy atom. The van der Waals surface area contributed by atoms with E-state index in [0.717, 1.165) is 0 Å². The Morgan fingerprint density at radius 1 is 1.12 bits per heavy atom. The molecule has 0 amide bonds. The minimum atomic E-state index is -0.914. The molecule has 1 atom stereocenters. The zero-order chi connectivity index (χ0) is 17.5. The van der Waals surface area contributed by atoms with Crippen LogP contribution >= 0.6 is 0 Å². The molecule has 4 N–H and O–H groups in total. The number of aromatic hydroxyl groups is 2. The van der Waals surface area contributed by atoms with E-state index >= 15 is 0 Å². The Bertz CT molecular complexity index is 707. The molecule has 0 aromatic heterocycles. The molecule has 2 rings (SSSR count). The van der Waals surface area contributed by atoms with E-state index in [9.17, 15) is 19.4 Å². The van der Waals surface area contributed by atoms with Crippen molar-refractivity contribution in [3.63, 3.8) is 0 Å². The van der Waals surface area contributed by atoms with Crippen LogP contribution in [0.3, 0.4) is 0 Å². The molecule has 2 aromatic carbocycles. The molecule has 24 heavy (non-hydrogen) atoms. The smallest absolute Gasteiger partial charge is 0.323 e. The first kappa shape index (κ1) is 17.6. The number of rotatable bonds is 7. The van der Waals surface area contributed by atoms with Gasteiger partial charge in [-0.05, 0) is 36.2 Å². The van der Waals surface area contributed by atoms with Gasteiger partial charge in [0.1, 0.15) is 30.8 Å². The summed E-state index contributed by atoms with van der Waals surface area (Å²) in [5.41, 5.74) is 6.33. The highest BCUT2D eigenvalue weighted by molar-refractivity contribution is 5.75. The first-order valence-corrected chi connectivity index (χ1v) is 7.27. The average Bonchev–Trinajstić information content (AvgIpc) is 2.55. The van der Waals surface area contributed by atoms with Crippen molar-refractivity contribution in [2.24, 2.45) is 5.73 Å². The monoisotopic (exact) mass is 335 g/mol. The molecule has 0 aliphatic rings. The Kier molecular flexibility index (Phi) is 5.97. The van der Waals surface area contributed by atoms with E-state index in [1.165, 1.54) is 30.3 Å². The van der Waals surface area contributed by atoms with Crippen LogP contribution < -0.4 is 10.5 Å². The molecule has 0 saturated heterocycles. The number of carbonyl (C=O) groups is 1. The maximum Gasteiger partial charge on any atom is 0.323 e. The number of nitrogens with two attached hydrogens (primary N) is 1. The number of esters is 1. The fraction of sp³-hybridized carbons (Fsp3) is 0.235. The maximum atomic E-state index is 13.0. The first-order valence-electron chi connectivity index (χ1n) is 7.27. The lowest BCUT2D eigenvalue weighted by molar-refractivity contribution is -0.145. The third-order valence-electron chi connectivity index (χ3n) is 3.19. The summed E-state index contributed by atoms with van der Waals surface area (Å²) in [7, 11) is 0. The number of carbonyl (C=O) groups excluding carboxylic acids is 1. The Labute approximate surface area is 138 Å².